The second-order valence-electron chi connectivity index (χ2n) is 6.65. The molecule has 4 nitrogen and oxygen atoms in total. The SMILES string of the molecule is COCc1nc2ccccc2n1CCOc1cc(C)ccc1C(C)C. The topological polar surface area (TPSA) is 36.3 Å². The van der Waals surface area contributed by atoms with Gasteiger partial charge in [-0.3, -0.25) is 0 Å². The number of methoxy groups -OCH3 is 1. The van der Waals surface area contributed by atoms with E-state index in [1.54, 1.807) is 7.11 Å². The Morgan fingerprint density at radius 2 is 1.92 bits per heavy atom. The number of aromatic nitrogens is 2. The van der Waals surface area contributed by atoms with Crippen LogP contribution in [0.4, 0.5) is 0 Å². The Hall–Kier alpha value is -2.33. The van der Waals surface area contributed by atoms with Crippen molar-refractivity contribution in [2.24, 2.45) is 0 Å². The molecule has 2 aromatic carbocycles. The third-order valence-corrected chi connectivity index (χ3v) is 4.37. The molecule has 0 spiro atoms. The van der Waals surface area contributed by atoms with E-state index in [0.717, 1.165) is 29.2 Å². The Morgan fingerprint density at radius 3 is 2.68 bits per heavy atom. The number of imidazole rings is 1. The van der Waals surface area contributed by atoms with Gasteiger partial charge in [-0.15, -0.1) is 0 Å². The molecule has 0 radical (unpaired) electrons. The molecule has 0 aliphatic heterocycles. The minimum atomic E-state index is 0.439. The van der Waals surface area contributed by atoms with Crippen LogP contribution >= 0.6 is 0 Å². The van der Waals surface area contributed by atoms with Crippen LogP contribution < -0.4 is 4.74 Å². The van der Waals surface area contributed by atoms with Crippen LogP contribution in [0.3, 0.4) is 0 Å². The molecule has 0 amide bonds. The van der Waals surface area contributed by atoms with Gasteiger partial charge >= 0.3 is 0 Å². The molecule has 0 N–H and O–H groups in total. The van der Waals surface area contributed by atoms with Gasteiger partial charge in [0.15, 0.2) is 0 Å². The highest BCUT2D eigenvalue weighted by atomic mass is 16.5. The highest BCUT2D eigenvalue weighted by Gasteiger charge is 2.12. The Bertz CT molecular complexity index is 852. The van der Waals surface area contributed by atoms with Gasteiger partial charge in [0.25, 0.3) is 0 Å². The molecule has 0 aliphatic carbocycles. The van der Waals surface area contributed by atoms with Gasteiger partial charge in [0.05, 0.1) is 17.6 Å². The third kappa shape index (κ3) is 3.85. The predicted octanol–water partition coefficient (Wildman–Crippen LogP) is 4.69. The number of fused-ring (bicyclic) bond motifs is 1. The number of para-hydroxylation sites is 2. The smallest absolute Gasteiger partial charge is 0.136 e. The number of nitrogens with zero attached hydrogens (tertiary/aromatic N) is 2. The minimum Gasteiger partial charge on any atom is -0.491 e. The molecule has 0 fully saturated rings. The minimum absolute atomic E-state index is 0.439. The number of hydrogen-bond acceptors (Lipinski definition) is 3. The molecule has 132 valence electrons. The van der Waals surface area contributed by atoms with Gasteiger partial charge in [0.2, 0.25) is 0 Å². The van der Waals surface area contributed by atoms with Crippen molar-refractivity contribution in [3.8, 4) is 5.75 Å². The van der Waals surface area contributed by atoms with Crippen molar-refractivity contribution in [1.82, 2.24) is 9.55 Å². The standard InChI is InChI=1S/C21H26N2O2/c1-15(2)17-10-9-16(3)13-20(17)25-12-11-23-19-8-6-5-7-18(19)22-21(23)14-24-4/h5-10,13,15H,11-12,14H2,1-4H3. The van der Waals surface area contributed by atoms with Crippen LogP contribution in [0.1, 0.15) is 36.7 Å². The molecular weight excluding hydrogens is 312 g/mol. The fourth-order valence-corrected chi connectivity index (χ4v) is 3.10. The summed E-state index contributed by atoms with van der Waals surface area (Å²) in [6, 6.07) is 14.6. The van der Waals surface area contributed by atoms with E-state index in [4.69, 9.17) is 9.47 Å². The molecule has 0 saturated heterocycles. The summed E-state index contributed by atoms with van der Waals surface area (Å²) in [5, 5.41) is 0. The second kappa shape index (κ2) is 7.70. The fraction of sp³-hybridized carbons (Fsp3) is 0.381. The zero-order valence-corrected chi connectivity index (χ0v) is 15.5. The van der Waals surface area contributed by atoms with Crippen molar-refractivity contribution >= 4 is 11.0 Å². The maximum atomic E-state index is 6.15. The quantitative estimate of drug-likeness (QED) is 0.627. The molecule has 0 bridgehead atoms. The first-order chi connectivity index (χ1) is 12.1. The van der Waals surface area contributed by atoms with Crippen molar-refractivity contribution in [3.05, 3.63) is 59.4 Å². The van der Waals surface area contributed by atoms with Crippen LogP contribution in [-0.2, 0) is 17.9 Å². The van der Waals surface area contributed by atoms with E-state index in [0.29, 0.717) is 19.1 Å². The largest absolute Gasteiger partial charge is 0.491 e. The van der Waals surface area contributed by atoms with Gasteiger partial charge in [-0.1, -0.05) is 38.1 Å². The van der Waals surface area contributed by atoms with Gasteiger partial charge in [-0.25, -0.2) is 4.98 Å². The van der Waals surface area contributed by atoms with Crippen molar-refractivity contribution in [2.75, 3.05) is 13.7 Å². The van der Waals surface area contributed by atoms with Gasteiger partial charge in [0.1, 0.15) is 24.8 Å². The molecule has 0 aliphatic rings. The summed E-state index contributed by atoms with van der Waals surface area (Å²) in [6.07, 6.45) is 0. The first-order valence-corrected chi connectivity index (χ1v) is 8.76. The number of rotatable bonds is 7. The fourth-order valence-electron chi connectivity index (χ4n) is 3.10. The second-order valence-corrected chi connectivity index (χ2v) is 6.65. The molecular formula is C21H26N2O2. The molecule has 25 heavy (non-hydrogen) atoms. The first-order valence-electron chi connectivity index (χ1n) is 8.76. The Balaban J connectivity index is 1.80. The molecule has 3 rings (SSSR count). The van der Waals surface area contributed by atoms with E-state index in [1.807, 2.05) is 18.2 Å². The van der Waals surface area contributed by atoms with Crippen molar-refractivity contribution < 1.29 is 9.47 Å². The Kier molecular flexibility index (Phi) is 5.39. The number of ether oxygens (including phenoxy) is 2. The van der Waals surface area contributed by atoms with Crippen molar-refractivity contribution in [2.45, 2.75) is 39.8 Å². The summed E-state index contributed by atoms with van der Waals surface area (Å²) in [5.41, 5.74) is 4.57. The summed E-state index contributed by atoms with van der Waals surface area (Å²) in [7, 11) is 1.70. The maximum Gasteiger partial charge on any atom is 0.136 e. The van der Waals surface area contributed by atoms with Crippen molar-refractivity contribution in [3.63, 3.8) is 0 Å². The summed E-state index contributed by atoms with van der Waals surface area (Å²) >= 11 is 0. The van der Waals surface area contributed by atoms with Crippen LogP contribution in [0.25, 0.3) is 11.0 Å². The molecule has 4 heteroatoms. The highest BCUT2D eigenvalue weighted by molar-refractivity contribution is 5.75. The van der Waals surface area contributed by atoms with Gasteiger partial charge in [-0.2, -0.15) is 0 Å². The third-order valence-electron chi connectivity index (χ3n) is 4.37. The van der Waals surface area contributed by atoms with E-state index < -0.39 is 0 Å². The van der Waals surface area contributed by atoms with Crippen LogP contribution in [0.2, 0.25) is 0 Å². The Labute approximate surface area is 149 Å². The molecule has 3 aromatic rings. The summed E-state index contributed by atoms with van der Waals surface area (Å²) in [4.78, 5) is 4.67. The predicted molar refractivity (Wildman–Crippen MR) is 101 cm³/mol. The lowest BCUT2D eigenvalue weighted by Crippen LogP contribution is -2.12. The lowest BCUT2D eigenvalue weighted by Gasteiger charge is -2.16. The average molecular weight is 338 g/mol. The summed E-state index contributed by atoms with van der Waals surface area (Å²) in [5.74, 6) is 2.35. The van der Waals surface area contributed by atoms with Crippen LogP contribution in [0.5, 0.6) is 5.75 Å². The van der Waals surface area contributed by atoms with Gasteiger partial charge in [0, 0.05) is 7.11 Å². The molecule has 1 aromatic heterocycles. The average Bonchev–Trinajstić information content (AvgIpc) is 2.93. The van der Waals surface area contributed by atoms with E-state index in [-0.39, 0.29) is 0 Å². The Morgan fingerprint density at radius 1 is 1.12 bits per heavy atom. The van der Waals surface area contributed by atoms with E-state index >= 15 is 0 Å². The maximum absolute atomic E-state index is 6.15. The van der Waals surface area contributed by atoms with Gasteiger partial charge < -0.3 is 14.0 Å². The first kappa shape index (κ1) is 17.5. The highest BCUT2D eigenvalue weighted by Crippen LogP contribution is 2.27. The number of aryl methyl sites for hydroxylation is 1. The normalized spacial score (nSPS) is 11.4. The lowest BCUT2D eigenvalue weighted by molar-refractivity contribution is 0.173. The number of benzene rings is 2. The molecule has 0 atom stereocenters. The monoisotopic (exact) mass is 338 g/mol. The van der Waals surface area contributed by atoms with E-state index in [2.05, 4.69) is 54.6 Å². The van der Waals surface area contributed by atoms with Gasteiger partial charge in [-0.05, 0) is 42.2 Å². The van der Waals surface area contributed by atoms with Crippen LogP contribution in [-0.4, -0.2) is 23.3 Å². The molecule has 0 unspecified atom stereocenters. The van der Waals surface area contributed by atoms with E-state index in [1.165, 1.54) is 11.1 Å². The zero-order valence-electron chi connectivity index (χ0n) is 15.5. The van der Waals surface area contributed by atoms with Crippen molar-refractivity contribution in [1.29, 1.82) is 0 Å². The molecule has 0 saturated carbocycles. The number of hydrogen-bond donors (Lipinski definition) is 0. The van der Waals surface area contributed by atoms with E-state index in [9.17, 15) is 0 Å². The molecule has 1 heterocycles. The van der Waals surface area contributed by atoms with Crippen LogP contribution in [0, 0.1) is 6.92 Å². The zero-order chi connectivity index (χ0) is 17.8. The summed E-state index contributed by atoms with van der Waals surface area (Å²) < 4.78 is 13.6. The lowest BCUT2D eigenvalue weighted by atomic mass is 10.0. The summed E-state index contributed by atoms with van der Waals surface area (Å²) in [6.45, 7) is 8.31. The van der Waals surface area contributed by atoms with Crippen LogP contribution in [0.15, 0.2) is 42.5 Å².